The molecule has 4 atom stereocenters. The highest BCUT2D eigenvalue weighted by atomic mass is 16.6. The Morgan fingerprint density at radius 3 is 1.60 bits per heavy atom. The van der Waals surface area contributed by atoms with Crippen molar-refractivity contribution >= 4 is 29.7 Å². The minimum Gasteiger partial charge on any atom is -0.458 e. The van der Waals surface area contributed by atoms with Crippen LogP contribution in [-0.2, 0) is 38.1 Å². The molecule has 30 heavy (non-hydrogen) atoms. The molecule has 0 spiro atoms. The van der Waals surface area contributed by atoms with Gasteiger partial charge in [0.1, 0.15) is 12.2 Å². The molecular weight excluding hydrogens is 396 g/mol. The maximum atomic E-state index is 13.4. The number of hydrogen-bond acceptors (Lipinski definition) is 9. The quantitative estimate of drug-likeness (QED) is 0.385. The van der Waals surface area contributed by atoms with Crippen molar-refractivity contribution in [2.75, 3.05) is 0 Å². The van der Waals surface area contributed by atoms with E-state index in [1.54, 1.807) is 30.3 Å². The van der Waals surface area contributed by atoms with Gasteiger partial charge in [0, 0.05) is 46.1 Å². The average molecular weight is 420 g/mol. The van der Waals surface area contributed by atoms with E-state index >= 15 is 0 Å². The molecule has 1 aromatic rings. The fraction of sp³-hybridized carbons (Fsp3) is 0.476. The third-order valence-electron chi connectivity index (χ3n) is 4.52. The smallest absolute Gasteiger partial charge is 0.303 e. The van der Waals surface area contributed by atoms with E-state index in [-0.39, 0.29) is 18.4 Å². The fourth-order valence-electron chi connectivity index (χ4n) is 3.64. The summed E-state index contributed by atoms with van der Waals surface area (Å²) in [7, 11) is 0. The second kappa shape index (κ2) is 9.51. The predicted molar refractivity (Wildman–Crippen MR) is 101 cm³/mol. The van der Waals surface area contributed by atoms with E-state index in [0.717, 1.165) is 27.7 Å². The number of ether oxygens (including phenoxy) is 4. The highest BCUT2D eigenvalue weighted by molar-refractivity contribution is 6.03. The Kier molecular flexibility index (Phi) is 7.31. The van der Waals surface area contributed by atoms with Gasteiger partial charge in [0.05, 0.1) is 0 Å². The lowest BCUT2D eigenvalue weighted by Crippen LogP contribution is -2.60. The summed E-state index contributed by atoms with van der Waals surface area (Å²) in [6.45, 7) is 4.58. The van der Waals surface area contributed by atoms with Gasteiger partial charge in [-0.15, -0.1) is 0 Å². The van der Waals surface area contributed by atoms with Gasteiger partial charge >= 0.3 is 23.9 Å². The van der Waals surface area contributed by atoms with Gasteiger partial charge in [-0.3, -0.25) is 24.0 Å². The summed E-state index contributed by atoms with van der Waals surface area (Å²) in [5, 5.41) is 0. The second-order valence-electron chi connectivity index (χ2n) is 7.06. The van der Waals surface area contributed by atoms with Crippen LogP contribution in [0.3, 0.4) is 0 Å². The monoisotopic (exact) mass is 420 g/mol. The van der Waals surface area contributed by atoms with Crippen molar-refractivity contribution in [1.82, 2.24) is 0 Å². The SMILES string of the molecule is CC(=O)OC1[C@@H](OC(C)=O)CC(OC(C)=O)(C(=O)c2ccccc2)C[C@H]1OC(C)=O. The lowest BCUT2D eigenvalue weighted by Gasteiger charge is -2.45. The standard InChI is InChI=1S/C21H24O9/c1-12(22)27-17-10-21(30-15(4)25,20(26)16-8-6-5-7-9-16)11-18(28-13(2)23)19(17)29-14(3)24/h5-9,17-19H,10-11H2,1-4H3/t17-,18+,19?,21?. The van der Waals surface area contributed by atoms with E-state index in [1.165, 1.54) is 0 Å². The van der Waals surface area contributed by atoms with Crippen LogP contribution in [0.4, 0.5) is 0 Å². The molecule has 1 aliphatic rings. The summed E-state index contributed by atoms with van der Waals surface area (Å²) >= 11 is 0. The molecule has 0 saturated heterocycles. The zero-order valence-corrected chi connectivity index (χ0v) is 17.2. The fourth-order valence-corrected chi connectivity index (χ4v) is 3.64. The first-order valence-corrected chi connectivity index (χ1v) is 9.35. The number of carbonyl (C=O) groups excluding carboxylic acids is 5. The Morgan fingerprint density at radius 1 is 0.733 bits per heavy atom. The molecule has 1 aliphatic carbocycles. The zero-order chi connectivity index (χ0) is 22.5. The average Bonchev–Trinajstić information content (AvgIpc) is 2.63. The molecule has 0 N–H and O–H groups in total. The van der Waals surface area contributed by atoms with Crippen molar-refractivity contribution in [1.29, 1.82) is 0 Å². The van der Waals surface area contributed by atoms with E-state index in [0.29, 0.717) is 0 Å². The zero-order valence-electron chi connectivity index (χ0n) is 17.2. The van der Waals surface area contributed by atoms with Crippen LogP contribution in [0.5, 0.6) is 0 Å². The third-order valence-corrected chi connectivity index (χ3v) is 4.52. The molecule has 9 nitrogen and oxygen atoms in total. The molecular formula is C21H24O9. The van der Waals surface area contributed by atoms with Crippen molar-refractivity contribution in [2.45, 2.75) is 64.4 Å². The molecule has 1 saturated carbocycles. The normalized spacial score (nSPS) is 25.5. The molecule has 0 heterocycles. The first-order valence-electron chi connectivity index (χ1n) is 9.35. The Morgan fingerprint density at radius 2 is 1.20 bits per heavy atom. The van der Waals surface area contributed by atoms with Crippen LogP contribution in [0.25, 0.3) is 0 Å². The van der Waals surface area contributed by atoms with Crippen LogP contribution in [0.15, 0.2) is 30.3 Å². The summed E-state index contributed by atoms with van der Waals surface area (Å²) in [4.78, 5) is 60.3. The molecule has 1 aromatic carbocycles. The maximum absolute atomic E-state index is 13.4. The first-order chi connectivity index (χ1) is 14.0. The maximum Gasteiger partial charge on any atom is 0.303 e. The van der Waals surface area contributed by atoms with Crippen molar-refractivity contribution < 1.29 is 42.9 Å². The highest BCUT2D eigenvalue weighted by Crippen LogP contribution is 2.39. The van der Waals surface area contributed by atoms with Crippen molar-refractivity contribution in [3.8, 4) is 0 Å². The number of carbonyl (C=O) groups is 5. The Balaban J connectivity index is 2.56. The molecule has 0 aromatic heterocycles. The van der Waals surface area contributed by atoms with Gasteiger partial charge in [-0.1, -0.05) is 30.3 Å². The van der Waals surface area contributed by atoms with E-state index in [1.807, 2.05) is 0 Å². The summed E-state index contributed by atoms with van der Waals surface area (Å²) in [6.07, 6.45) is -4.07. The number of benzene rings is 1. The molecule has 162 valence electrons. The second-order valence-corrected chi connectivity index (χ2v) is 7.06. The third kappa shape index (κ3) is 5.65. The molecule has 2 unspecified atom stereocenters. The predicted octanol–water partition coefficient (Wildman–Crippen LogP) is 1.76. The Hall–Kier alpha value is -3.23. The van der Waals surface area contributed by atoms with Crippen molar-refractivity contribution in [3.05, 3.63) is 35.9 Å². The minimum atomic E-state index is -1.79. The van der Waals surface area contributed by atoms with Gasteiger partial charge < -0.3 is 18.9 Å². The van der Waals surface area contributed by atoms with Gasteiger partial charge in [-0.25, -0.2) is 0 Å². The number of Topliss-reactive ketones (excluding diaryl/α,β-unsaturated/α-hetero) is 1. The number of esters is 4. The van der Waals surface area contributed by atoms with Gasteiger partial charge in [-0.2, -0.15) is 0 Å². The van der Waals surface area contributed by atoms with E-state index < -0.39 is 53.6 Å². The van der Waals surface area contributed by atoms with Crippen molar-refractivity contribution in [3.63, 3.8) is 0 Å². The number of rotatable bonds is 6. The lowest BCUT2D eigenvalue weighted by molar-refractivity contribution is -0.208. The topological polar surface area (TPSA) is 122 Å². The van der Waals surface area contributed by atoms with Crippen LogP contribution in [-0.4, -0.2) is 53.6 Å². The lowest BCUT2D eigenvalue weighted by atomic mass is 9.75. The van der Waals surface area contributed by atoms with Gasteiger partial charge in [0.2, 0.25) is 5.78 Å². The van der Waals surface area contributed by atoms with E-state index in [4.69, 9.17) is 18.9 Å². The summed E-state index contributed by atoms with van der Waals surface area (Å²) in [5.74, 6) is -3.39. The Labute approximate surface area is 173 Å². The van der Waals surface area contributed by atoms with Gasteiger partial charge in [0.15, 0.2) is 11.7 Å². The van der Waals surface area contributed by atoms with Crippen LogP contribution in [0.2, 0.25) is 0 Å². The van der Waals surface area contributed by atoms with Crippen molar-refractivity contribution in [2.24, 2.45) is 0 Å². The summed E-state index contributed by atoms with van der Waals surface area (Å²) in [5.41, 5.74) is -1.53. The molecule has 2 rings (SSSR count). The van der Waals surface area contributed by atoms with E-state index in [2.05, 4.69) is 0 Å². The summed E-state index contributed by atoms with van der Waals surface area (Å²) < 4.78 is 21.3. The molecule has 0 aliphatic heterocycles. The number of ketones is 1. The molecule has 9 heteroatoms. The molecule has 0 radical (unpaired) electrons. The van der Waals surface area contributed by atoms with Gasteiger partial charge in [0.25, 0.3) is 0 Å². The minimum absolute atomic E-state index is 0.257. The molecule has 0 bridgehead atoms. The Bertz CT molecular complexity index is 804. The van der Waals surface area contributed by atoms with Crippen LogP contribution < -0.4 is 0 Å². The van der Waals surface area contributed by atoms with Crippen LogP contribution >= 0.6 is 0 Å². The van der Waals surface area contributed by atoms with Crippen LogP contribution in [0.1, 0.15) is 50.9 Å². The van der Waals surface area contributed by atoms with Gasteiger partial charge in [-0.05, 0) is 0 Å². The van der Waals surface area contributed by atoms with Crippen LogP contribution in [0, 0.1) is 0 Å². The van der Waals surface area contributed by atoms with E-state index in [9.17, 15) is 24.0 Å². The number of hydrogen-bond donors (Lipinski definition) is 0. The first kappa shape index (κ1) is 23.1. The molecule has 1 fully saturated rings. The highest BCUT2D eigenvalue weighted by Gasteiger charge is 2.56. The molecule has 0 amide bonds. The largest absolute Gasteiger partial charge is 0.458 e. The summed E-state index contributed by atoms with van der Waals surface area (Å²) in [6, 6.07) is 8.11.